The van der Waals surface area contributed by atoms with E-state index in [1.165, 1.54) is 18.2 Å². The van der Waals surface area contributed by atoms with E-state index in [1.807, 2.05) is 0 Å². The van der Waals surface area contributed by atoms with Crippen LogP contribution in [0.25, 0.3) is 0 Å². The third-order valence-corrected chi connectivity index (χ3v) is 4.52. The Bertz CT molecular complexity index is 787. The summed E-state index contributed by atoms with van der Waals surface area (Å²) in [5.41, 5.74) is -0.334. The van der Waals surface area contributed by atoms with Gasteiger partial charge >= 0.3 is 5.97 Å². The molecular weight excluding hydrogens is 362 g/mol. The summed E-state index contributed by atoms with van der Waals surface area (Å²) in [7, 11) is -3.92. The number of aromatic carboxylic acids is 1. The van der Waals surface area contributed by atoms with Gasteiger partial charge in [0.15, 0.2) is 0 Å². The van der Waals surface area contributed by atoms with Crippen molar-refractivity contribution in [1.82, 2.24) is 0 Å². The zero-order valence-electron chi connectivity index (χ0n) is 10.4. The van der Waals surface area contributed by atoms with Gasteiger partial charge in [0.2, 0.25) is 0 Å². The lowest BCUT2D eigenvalue weighted by molar-refractivity contribution is 0.0697. The summed E-state index contributed by atoms with van der Waals surface area (Å²) in [4.78, 5) is 10.9. The monoisotopic (exact) mass is 371 g/mol. The van der Waals surface area contributed by atoms with Crippen LogP contribution >= 0.6 is 15.9 Å². The number of carboxylic acid groups (broad SMARTS) is 1. The Kier molecular flexibility index (Phi) is 4.19. The van der Waals surface area contributed by atoms with E-state index in [9.17, 15) is 18.3 Å². The van der Waals surface area contributed by atoms with Crippen molar-refractivity contribution < 1.29 is 23.4 Å². The summed E-state index contributed by atoms with van der Waals surface area (Å²) < 4.78 is 27.2. The summed E-state index contributed by atoms with van der Waals surface area (Å²) in [5, 5.41) is 18.5. The summed E-state index contributed by atoms with van der Waals surface area (Å²) >= 11 is 3.20. The number of sulfonamides is 1. The maximum Gasteiger partial charge on any atom is 0.335 e. The first-order chi connectivity index (χ1) is 9.79. The average Bonchev–Trinajstić information content (AvgIpc) is 2.41. The van der Waals surface area contributed by atoms with Gasteiger partial charge in [-0.25, -0.2) is 13.2 Å². The average molecular weight is 372 g/mol. The minimum atomic E-state index is -3.92. The highest BCUT2D eigenvalue weighted by molar-refractivity contribution is 9.10. The molecule has 21 heavy (non-hydrogen) atoms. The van der Waals surface area contributed by atoms with Gasteiger partial charge in [-0.15, -0.1) is 0 Å². The van der Waals surface area contributed by atoms with Gasteiger partial charge in [-0.05, 0) is 42.5 Å². The lowest BCUT2D eigenvalue weighted by Crippen LogP contribution is -2.13. The van der Waals surface area contributed by atoms with Gasteiger partial charge in [0, 0.05) is 4.47 Å². The quantitative estimate of drug-likeness (QED) is 0.716. The Morgan fingerprint density at radius 1 is 1.10 bits per heavy atom. The SMILES string of the molecule is O=C(O)c1ccc(O)c(NS(=O)(=O)c2ccc(Br)cc2)c1. The van der Waals surface area contributed by atoms with Gasteiger partial charge in [0.1, 0.15) is 5.75 Å². The second-order valence-electron chi connectivity index (χ2n) is 4.10. The highest BCUT2D eigenvalue weighted by Gasteiger charge is 2.17. The molecule has 0 fully saturated rings. The second-order valence-corrected chi connectivity index (χ2v) is 6.69. The van der Waals surface area contributed by atoms with Crippen LogP contribution in [-0.4, -0.2) is 24.6 Å². The third-order valence-electron chi connectivity index (χ3n) is 2.61. The number of benzene rings is 2. The van der Waals surface area contributed by atoms with Crippen molar-refractivity contribution in [3.05, 3.63) is 52.5 Å². The first kappa shape index (κ1) is 15.3. The number of nitrogens with one attached hydrogen (secondary N) is 1. The molecule has 0 spiro atoms. The number of phenolic OH excluding ortho intramolecular Hbond substituents is 1. The Labute approximate surface area is 129 Å². The number of anilines is 1. The molecule has 0 aromatic heterocycles. The fourth-order valence-electron chi connectivity index (χ4n) is 1.57. The normalized spacial score (nSPS) is 11.1. The van der Waals surface area contributed by atoms with Crippen molar-refractivity contribution in [3.8, 4) is 5.75 Å². The van der Waals surface area contributed by atoms with Gasteiger partial charge in [0.05, 0.1) is 16.1 Å². The number of phenols is 1. The standard InChI is InChI=1S/C13H10BrNO5S/c14-9-2-4-10(5-3-9)21(19,20)15-11-7-8(13(17)18)1-6-12(11)16/h1-7,15-16H,(H,17,18). The van der Waals surface area contributed by atoms with E-state index in [1.54, 1.807) is 12.1 Å². The van der Waals surface area contributed by atoms with Gasteiger partial charge in [-0.1, -0.05) is 15.9 Å². The third kappa shape index (κ3) is 3.53. The number of rotatable bonds is 4. The van der Waals surface area contributed by atoms with Crippen LogP contribution in [-0.2, 0) is 10.0 Å². The zero-order chi connectivity index (χ0) is 15.6. The van der Waals surface area contributed by atoms with Crippen LogP contribution in [0.3, 0.4) is 0 Å². The lowest BCUT2D eigenvalue weighted by Gasteiger charge is -2.10. The molecule has 3 N–H and O–H groups in total. The van der Waals surface area contributed by atoms with E-state index >= 15 is 0 Å². The van der Waals surface area contributed by atoms with Crippen LogP contribution in [0.1, 0.15) is 10.4 Å². The maximum atomic E-state index is 12.2. The molecule has 0 bridgehead atoms. The molecule has 0 unspecified atom stereocenters. The largest absolute Gasteiger partial charge is 0.506 e. The number of halogens is 1. The molecule has 0 aliphatic carbocycles. The first-order valence-electron chi connectivity index (χ1n) is 5.64. The molecule has 0 saturated heterocycles. The van der Waals surface area contributed by atoms with E-state index in [4.69, 9.17) is 5.11 Å². The topological polar surface area (TPSA) is 104 Å². The fourth-order valence-corrected chi connectivity index (χ4v) is 2.90. The van der Waals surface area contributed by atoms with Crippen molar-refractivity contribution in [1.29, 1.82) is 0 Å². The highest BCUT2D eigenvalue weighted by Crippen LogP contribution is 2.27. The van der Waals surface area contributed by atoms with Gasteiger partial charge < -0.3 is 10.2 Å². The summed E-state index contributed by atoms with van der Waals surface area (Å²) in [6.07, 6.45) is 0. The number of hydrogen-bond acceptors (Lipinski definition) is 4. The Balaban J connectivity index is 2.38. The second kappa shape index (κ2) is 5.74. The van der Waals surface area contributed by atoms with Crippen molar-refractivity contribution in [3.63, 3.8) is 0 Å². The Hall–Kier alpha value is -2.06. The Morgan fingerprint density at radius 2 is 1.71 bits per heavy atom. The van der Waals surface area contributed by atoms with Gasteiger partial charge in [0.25, 0.3) is 10.0 Å². The molecule has 0 radical (unpaired) electrons. The van der Waals surface area contributed by atoms with Crippen LogP contribution in [0.2, 0.25) is 0 Å². The number of hydrogen-bond donors (Lipinski definition) is 3. The summed E-state index contributed by atoms with van der Waals surface area (Å²) in [6, 6.07) is 9.21. The van der Waals surface area contributed by atoms with E-state index in [-0.39, 0.29) is 21.9 Å². The van der Waals surface area contributed by atoms with E-state index < -0.39 is 16.0 Å². The van der Waals surface area contributed by atoms with Crippen molar-refractivity contribution in [2.45, 2.75) is 4.90 Å². The van der Waals surface area contributed by atoms with Crippen LogP contribution in [0.15, 0.2) is 51.8 Å². The molecule has 2 aromatic carbocycles. The number of aromatic hydroxyl groups is 1. The van der Waals surface area contributed by atoms with Crippen LogP contribution in [0.4, 0.5) is 5.69 Å². The molecular formula is C13H10BrNO5S. The molecule has 0 aliphatic heterocycles. The first-order valence-corrected chi connectivity index (χ1v) is 7.92. The van der Waals surface area contributed by atoms with Crippen molar-refractivity contribution >= 4 is 37.6 Å². The molecule has 0 saturated carbocycles. The molecule has 0 amide bonds. The maximum absolute atomic E-state index is 12.2. The minimum Gasteiger partial charge on any atom is -0.506 e. The van der Waals surface area contributed by atoms with Crippen molar-refractivity contribution in [2.24, 2.45) is 0 Å². The molecule has 6 nitrogen and oxygen atoms in total. The summed E-state index contributed by atoms with van der Waals surface area (Å²) in [6.45, 7) is 0. The zero-order valence-corrected chi connectivity index (χ0v) is 12.8. The van der Waals surface area contributed by atoms with E-state index in [2.05, 4.69) is 20.7 Å². The van der Waals surface area contributed by atoms with Crippen LogP contribution < -0.4 is 4.72 Å². The predicted molar refractivity (Wildman–Crippen MR) is 80.0 cm³/mol. The smallest absolute Gasteiger partial charge is 0.335 e. The molecule has 2 aromatic rings. The Morgan fingerprint density at radius 3 is 2.29 bits per heavy atom. The van der Waals surface area contributed by atoms with E-state index in [0.717, 1.165) is 16.6 Å². The lowest BCUT2D eigenvalue weighted by atomic mass is 10.2. The summed E-state index contributed by atoms with van der Waals surface area (Å²) in [5.74, 6) is -1.58. The fraction of sp³-hybridized carbons (Fsp3) is 0. The predicted octanol–water partition coefficient (Wildman–Crippen LogP) is 2.65. The van der Waals surface area contributed by atoms with Crippen LogP contribution in [0, 0.1) is 0 Å². The van der Waals surface area contributed by atoms with Gasteiger partial charge in [-0.3, -0.25) is 4.72 Å². The molecule has 0 atom stereocenters. The number of carboxylic acids is 1. The molecule has 0 heterocycles. The van der Waals surface area contributed by atoms with E-state index in [0.29, 0.717) is 0 Å². The van der Waals surface area contributed by atoms with Crippen LogP contribution in [0.5, 0.6) is 5.75 Å². The molecule has 2 rings (SSSR count). The van der Waals surface area contributed by atoms with Crippen molar-refractivity contribution in [2.75, 3.05) is 4.72 Å². The molecule has 110 valence electrons. The number of carbonyl (C=O) groups is 1. The molecule has 0 aliphatic rings. The highest BCUT2D eigenvalue weighted by atomic mass is 79.9. The van der Waals surface area contributed by atoms with Gasteiger partial charge in [-0.2, -0.15) is 0 Å². The molecule has 8 heteroatoms. The minimum absolute atomic E-state index is 0.00849.